The smallest absolute Gasteiger partial charge is 0.222 e. The molecule has 5 aliphatic rings. The molecule has 9 heteroatoms. The molecular weight excluding hydrogens is 612 g/mol. The van der Waals surface area contributed by atoms with E-state index in [2.05, 4.69) is 20.8 Å². The van der Waals surface area contributed by atoms with Gasteiger partial charge in [0.1, 0.15) is 5.82 Å². The minimum absolute atomic E-state index is 0.152. The number of rotatable bonds is 12. The van der Waals surface area contributed by atoms with Crippen molar-refractivity contribution in [3.05, 3.63) is 59.9 Å². The predicted molar refractivity (Wildman–Crippen MR) is 185 cm³/mol. The van der Waals surface area contributed by atoms with Crippen molar-refractivity contribution < 1.29 is 17.6 Å². The van der Waals surface area contributed by atoms with Crippen molar-refractivity contribution in [2.24, 2.45) is 23.7 Å². The van der Waals surface area contributed by atoms with E-state index in [1.165, 1.54) is 6.42 Å². The molecule has 7 rings (SSSR count). The maximum Gasteiger partial charge on any atom is 0.222 e. The van der Waals surface area contributed by atoms with Crippen LogP contribution in [-0.2, 0) is 20.0 Å². The molecule has 3 heterocycles. The second-order valence-electron chi connectivity index (χ2n) is 15.6. The molecule has 0 radical (unpaired) electrons. The van der Waals surface area contributed by atoms with Crippen LogP contribution in [0.15, 0.2) is 53.4 Å². The van der Waals surface area contributed by atoms with Crippen molar-refractivity contribution in [1.82, 2.24) is 14.7 Å². The zero-order valence-electron chi connectivity index (χ0n) is 28.3. The Hall–Kier alpha value is -2.49. The van der Waals surface area contributed by atoms with Crippen LogP contribution in [0.4, 0.5) is 10.1 Å². The summed E-state index contributed by atoms with van der Waals surface area (Å²) >= 11 is 0. The van der Waals surface area contributed by atoms with Crippen molar-refractivity contribution in [2.75, 3.05) is 71.4 Å². The number of likely N-dealkylation sites (tertiary alicyclic amines) is 2. The highest BCUT2D eigenvalue weighted by atomic mass is 32.2. The second-order valence-corrected chi connectivity index (χ2v) is 17.8. The summed E-state index contributed by atoms with van der Waals surface area (Å²) in [6.07, 6.45) is 8.93. The van der Waals surface area contributed by atoms with Crippen LogP contribution < -0.4 is 4.90 Å². The highest BCUT2D eigenvalue weighted by Gasteiger charge is 2.53. The summed E-state index contributed by atoms with van der Waals surface area (Å²) in [5.41, 5.74) is 2.11. The van der Waals surface area contributed by atoms with Gasteiger partial charge in [-0.2, -0.15) is 0 Å². The van der Waals surface area contributed by atoms with E-state index in [0.717, 1.165) is 109 Å². The van der Waals surface area contributed by atoms with E-state index in [-0.39, 0.29) is 22.4 Å². The molecule has 2 aliphatic carbocycles. The van der Waals surface area contributed by atoms with Gasteiger partial charge in [-0.05, 0) is 131 Å². The van der Waals surface area contributed by atoms with Crippen molar-refractivity contribution in [3.63, 3.8) is 0 Å². The fourth-order valence-corrected chi connectivity index (χ4v) is 11.1. The van der Waals surface area contributed by atoms with Crippen molar-refractivity contribution >= 4 is 21.4 Å². The average Bonchev–Trinajstić information content (AvgIpc) is 3.79. The number of carbonyl (C=O) groups excluding carboxylic acids is 1. The van der Waals surface area contributed by atoms with Crippen LogP contribution in [0.5, 0.6) is 0 Å². The first kappa shape index (κ1) is 33.0. The highest BCUT2D eigenvalue weighted by molar-refractivity contribution is 7.92. The van der Waals surface area contributed by atoms with Crippen LogP contribution in [0.1, 0.15) is 63.4 Å². The molecule has 2 saturated carbocycles. The fourth-order valence-electron chi connectivity index (χ4n) is 9.45. The van der Waals surface area contributed by atoms with Crippen molar-refractivity contribution in [2.45, 2.75) is 73.3 Å². The third-order valence-corrected chi connectivity index (χ3v) is 14.6. The molecule has 3 atom stereocenters. The van der Waals surface area contributed by atoms with Crippen LogP contribution in [0, 0.1) is 29.5 Å². The molecule has 256 valence electrons. The molecule has 0 bridgehead atoms. The number of halogens is 1. The van der Waals surface area contributed by atoms with Crippen LogP contribution in [-0.4, -0.2) is 101 Å². The van der Waals surface area contributed by atoms with Crippen LogP contribution in [0.25, 0.3) is 0 Å². The first-order valence-corrected chi connectivity index (χ1v) is 19.7. The number of benzene rings is 2. The summed E-state index contributed by atoms with van der Waals surface area (Å²) in [5, 5.41) is -0.174. The molecule has 3 saturated heterocycles. The number of amides is 1. The minimum Gasteiger partial charge on any atom is -0.371 e. The van der Waals surface area contributed by atoms with Gasteiger partial charge in [0, 0.05) is 63.7 Å². The summed E-state index contributed by atoms with van der Waals surface area (Å²) in [6.45, 7) is 8.39. The number of sulfone groups is 1. The lowest BCUT2D eigenvalue weighted by atomic mass is 9.56. The SMILES string of the molecule is CN(C)C(=O)C[C@H]1CCC[C@@H]1[C@](CN1CCC1)(c1cccc(F)c1)C1CCN(CC2CN(c3ccc(S(=O)(=O)C4CC4)cc3)C2)CC1. The summed E-state index contributed by atoms with van der Waals surface area (Å²) < 4.78 is 40.2. The third-order valence-electron chi connectivity index (χ3n) is 12.3. The van der Waals surface area contributed by atoms with Gasteiger partial charge in [-0.25, -0.2) is 12.8 Å². The van der Waals surface area contributed by atoms with Crippen LogP contribution >= 0.6 is 0 Å². The van der Waals surface area contributed by atoms with Crippen LogP contribution in [0.3, 0.4) is 0 Å². The molecule has 7 nitrogen and oxygen atoms in total. The Morgan fingerprint density at radius 3 is 2.23 bits per heavy atom. The molecule has 2 aromatic carbocycles. The first-order valence-electron chi connectivity index (χ1n) is 18.1. The molecule has 0 aromatic heterocycles. The van der Waals surface area contributed by atoms with Gasteiger partial charge in [0.15, 0.2) is 9.84 Å². The van der Waals surface area contributed by atoms with Gasteiger partial charge < -0.3 is 19.6 Å². The van der Waals surface area contributed by atoms with E-state index in [9.17, 15) is 17.6 Å². The Kier molecular flexibility index (Phi) is 9.44. The number of anilines is 1. The van der Waals surface area contributed by atoms with E-state index >= 15 is 0 Å². The second kappa shape index (κ2) is 13.4. The summed E-state index contributed by atoms with van der Waals surface area (Å²) in [4.78, 5) is 22.8. The van der Waals surface area contributed by atoms with E-state index < -0.39 is 9.84 Å². The largest absolute Gasteiger partial charge is 0.371 e. The van der Waals surface area contributed by atoms with Gasteiger partial charge in [-0.15, -0.1) is 0 Å². The summed E-state index contributed by atoms with van der Waals surface area (Å²) in [6, 6.07) is 15.0. The third kappa shape index (κ3) is 6.73. The zero-order chi connectivity index (χ0) is 32.8. The monoisotopic (exact) mass is 664 g/mol. The molecule has 0 N–H and O–H groups in total. The Bertz CT molecular complexity index is 1510. The molecule has 2 aromatic rings. The maximum atomic E-state index is 15.0. The quantitative estimate of drug-likeness (QED) is 0.301. The number of hydrogen-bond acceptors (Lipinski definition) is 6. The lowest BCUT2D eigenvalue weighted by molar-refractivity contribution is -0.130. The standard InChI is InChI=1S/C38H53FN4O3S/c1-40(2)37(44)22-29-6-3-9-36(29)38(27-42-18-5-19-42,31-7-4-8-32(39)23-31)30-16-20-41(21-17-30)24-28-25-43(26-28)33-10-12-34(13-11-33)47(45,46)35-14-15-35/h4,7-8,10-13,23,28-30,35-36H,3,5-6,9,14-22,24-27H2,1-2H3/t29-,36+,38+/m1/s1. The van der Waals surface area contributed by atoms with Gasteiger partial charge in [0.2, 0.25) is 5.91 Å². The molecule has 5 fully saturated rings. The van der Waals surface area contributed by atoms with Gasteiger partial charge in [0.25, 0.3) is 0 Å². The van der Waals surface area contributed by atoms with Crippen molar-refractivity contribution in [1.29, 1.82) is 0 Å². The maximum absolute atomic E-state index is 15.0. The van der Waals surface area contributed by atoms with E-state index in [4.69, 9.17) is 0 Å². The molecular formula is C38H53FN4O3S. The topological polar surface area (TPSA) is 64.2 Å². The number of hydrogen-bond donors (Lipinski definition) is 0. The van der Waals surface area contributed by atoms with Gasteiger partial charge >= 0.3 is 0 Å². The van der Waals surface area contributed by atoms with E-state index in [1.54, 1.807) is 23.1 Å². The first-order chi connectivity index (χ1) is 22.6. The lowest BCUT2D eigenvalue weighted by Gasteiger charge is -2.54. The average molecular weight is 665 g/mol. The Morgan fingerprint density at radius 1 is 0.894 bits per heavy atom. The Balaban J connectivity index is 1.03. The van der Waals surface area contributed by atoms with Gasteiger partial charge in [-0.1, -0.05) is 18.6 Å². The summed E-state index contributed by atoms with van der Waals surface area (Å²) in [7, 11) is 0.577. The van der Waals surface area contributed by atoms with Crippen molar-refractivity contribution in [3.8, 4) is 0 Å². The number of nitrogens with zero attached hydrogens (tertiary/aromatic N) is 4. The molecule has 1 amide bonds. The fraction of sp³-hybridized carbons (Fsp3) is 0.658. The van der Waals surface area contributed by atoms with Gasteiger partial charge in [0.05, 0.1) is 10.1 Å². The van der Waals surface area contributed by atoms with Crippen LogP contribution in [0.2, 0.25) is 0 Å². The highest BCUT2D eigenvalue weighted by Crippen LogP contribution is 2.54. The Labute approximate surface area is 281 Å². The Morgan fingerprint density at radius 2 is 1.62 bits per heavy atom. The van der Waals surface area contributed by atoms with E-state index in [0.29, 0.717) is 35.0 Å². The molecule has 3 aliphatic heterocycles. The zero-order valence-corrected chi connectivity index (χ0v) is 29.1. The molecule has 0 unspecified atom stereocenters. The molecule has 47 heavy (non-hydrogen) atoms. The minimum atomic E-state index is -3.15. The number of piperidine rings is 1. The van der Waals surface area contributed by atoms with Gasteiger partial charge in [-0.3, -0.25) is 4.79 Å². The lowest BCUT2D eigenvalue weighted by Crippen LogP contribution is -2.58. The summed E-state index contributed by atoms with van der Waals surface area (Å²) in [5.74, 6) is 1.81. The predicted octanol–water partition coefficient (Wildman–Crippen LogP) is 5.45. The normalized spacial score (nSPS) is 26.1. The molecule has 0 spiro atoms. The van der Waals surface area contributed by atoms with E-state index in [1.807, 2.05) is 38.4 Å². The number of carbonyl (C=O) groups is 1.